The van der Waals surface area contributed by atoms with Crippen molar-refractivity contribution in [2.24, 2.45) is 5.92 Å². The molecule has 1 atom stereocenters. The van der Waals surface area contributed by atoms with Gasteiger partial charge < -0.3 is 10.6 Å². The minimum atomic E-state index is -0.379. The van der Waals surface area contributed by atoms with E-state index >= 15 is 0 Å². The molecule has 2 aliphatic rings. The van der Waals surface area contributed by atoms with Crippen LogP contribution >= 0.6 is 11.6 Å². The van der Waals surface area contributed by atoms with Gasteiger partial charge >= 0.3 is 0 Å². The van der Waals surface area contributed by atoms with Crippen molar-refractivity contribution in [3.05, 3.63) is 34.6 Å². The summed E-state index contributed by atoms with van der Waals surface area (Å²) in [6.45, 7) is 2.84. The van der Waals surface area contributed by atoms with Gasteiger partial charge in [-0.05, 0) is 50.4 Å². The van der Waals surface area contributed by atoms with Crippen LogP contribution in [0.2, 0.25) is 5.02 Å². The summed E-state index contributed by atoms with van der Waals surface area (Å²) in [6, 6.07) is 4.38. The fraction of sp³-hybridized carbons (Fsp3) is 0.556. The van der Waals surface area contributed by atoms with Crippen LogP contribution in [-0.2, 0) is 16.1 Å². The zero-order valence-corrected chi connectivity index (χ0v) is 14.8. The van der Waals surface area contributed by atoms with Gasteiger partial charge in [0.2, 0.25) is 11.8 Å². The molecular formula is C18H23ClFN3O2. The highest BCUT2D eigenvalue weighted by atomic mass is 35.5. The van der Waals surface area contributed by atoms with Crippen molar-refractivity contribution in [3.63, 3.8) is 0 Å². The van der Waals surface area contributed by atoms with E-state index in [0.29, 0.717) is 42.4 Å². The third kappa shape index (κ3) is 4.70. The molecule has 2 heterocycles. The molecule has 136 valence electrons. The first-order valence-corrected chi connectivity index (χ1v) is 9.13. The predicted octanol–water partition coefficient (Wildman–Crippen LogP) is 2.09. The molecule has 1 unspecified atom stereocenters. The van der Waals surface area contributed by atoms with Crippen molar-refractivity contribution >= 4 is 23.4 Å². The fourth-order valence-corrected chi connectivity index (χ4v) is 3.66. The van der Waals surface area contributed by atoms with Gasteiger partial charge in [0.05, 0.1) is 0 Å². The molecule has 3 rings (SSSR count). The molecule has 5 nitrogen and oxygen atoms in total. The van der Waals surface area contributed by atoms with Gasteiger partial charge in [0.1, 0.15) is 11.9 Å². The van der Waals surface area contributed by atoms with E-state index in [-0.39, 0.29) is 23.7 Å². The Bertz CT molecular complexity index is 627. The summed E-state index contributed by atoms with van der Waals surface area (Å²) in [4.78, 5) is 25.4. The van der Waals surface area contributed by atoms with E-state index < -0.39 is 0 Å². The van der Waals surface area contributed by atoms with E-state index in [1.807, 2.05) is 0 Å². The van der Waals surface area contributed by atoms with Crippen LogP contribution in [0.15, 0.2) is 18.2 Å². The number of nitrogens with one attached hydrogen (secondary N) is 2. The van der Waals surface area contributed by atoms with Gasteiger partial charge in [-0.15, -0.1) is 0 Å². The second kappa shape index (κ2) is 8.15. The first kappa shape index (κ1) is 18.1. The molecule has 7 heteroatoms. The van der Waals surface area contributed by atoms with Crippen LogP contribution in [0.5, 0.6) is 0 Å². The highest BCUT2D eigenvalue weighted by Gasteiger charge is 2.28. The topological polar surface area (TPSA) is 61.4 Å². The maximum absolute atomic E-state index is 13.9. The van der Waals surface area contributed by atoms with Crippen LogP contribution < -0.4 is 10.6 Å². The molecule has 0 radical (unpaired) electrons. The lowest BCUT2D eigenvalue weighted by Crippen LogP contribution is -2.44. The van der Waals surface area contributed by atoms with Crippen molar-refractivity contribution in [1.82, 2.24) is 15.5 Å². The quantitative estimate of drug-likeness (QED) is 0.837. The van der Waals surface area contributed by atoms with Crippen molar-refractivity contribution in [2.75, 3.05) is 19.6 Å². The maximum atomic E-state index is 13.9. The summed E-state index contributed by atoms with van der Waals surface area (Å²) in [5, 5.41) is 6.09. The van der Waals surface area contributed by atoms with E-state index in [9.17, 15) is 14.0 Å². The second-order valence-electron chi connectivity index (χ2n) is 6.82. The Morgan fingerprint density at radius 2 is 2.08 bits per heavy atom. The average molecular weight is 368 g/mol. The number of hydrogen-bond acceptors (Lipinski definition) is 3. The van der Waals surface area contributed by atoms with Crippen molar-refractivity contribution in [1.29, 1.82) is 0 Å². The first-order valence-electron chi connectivity index (χ1n) is 8.75. The van der Waals surface area contributed by atoms with Gasteiger partial charge in [-0.2, -0.15) is 0 Å². The Labute approximate surface area is 151 Å². The summed E-state index contributed by atoms with van der Waals surface area (Å²) in [6.07, 6.45) is 2.90. The van der Waals surface area contributed by atoms with E-state index in [1.54, 1.807) is 12.1 Å². The summed E-state index contributed by atoms with van der Waals surface area (Å²) in [7, 11) is 0. The standard InChI is InChI=1S/C18H23ClFN3O2/c19-14-2-1-3-15(20)13(14)11-23-8-6-12(7-9-23)10-21-18(25)16-4-5-17(24)22-16/h1-3,12,16H,4-11H2,(H,21,25)(H,22,24). The predicted molar refractivity (Wildman–Crippen MR) is 93.6 cm³/mol. The highest BCUT2D eigenvalue weighted by Crippen LogP contribution is 2.24. The smallest absolute Gasteiger partial charge is 0.242 e. The molecule has 2 saturated heterocycles. The molecule has 25 heavy (non-hydrogen) atoms. The Kier molecular flexibility index (Phi) is 5.91. The molecule has 1 aromatic carbocycles. The van der Waals surface area contributed by atoms with Crippen LogP contribution in [0.3, 0.4) is 0 Å². The van der Waals surface area contributed by atoms with Crippen molar-refractivity contribution in [2.45, 2.75) is 38.3 Å². The summed E-state index contributed by atoms with van der Waals surface area (Å²) in [5.74, 6) is 0.000533. The Hall–Kier alpha value is -1.66. The average Bonchev–Trinajstić information content (AvgIpc) is 3.04. The van der Waals surface area contributed by atoms with Crippen LogP contribution in [0, 0.1) is 11.7 Å². The summed E-state index contributed by atoms with van der Waals surface area (Å²) < 4.78 is 13.9. The van der Waals surface area contributed by atoms with Crippen LogP contribution in [0.4, 0.5) is 4.39 Å². The van der Waals surface area contributed by atoms with Gasteiger partial charge in [-0.1, -0.05) is 17.7 Å². The van der Waals surface area contributed by atoms with Gasteiger partial charge in [0.15, 0.2) is 0 Å². The Balaban J connectivity index is 1.41. The number of hydrogen-bond donors (Lipinski definition) is 2. The third-order valence-corrected chi connectivity index (χ3v) is 5.38. The number of amides is 2. The van der Waals surface area contributed by atoms with Crippen LogP contribution in [0.25, 0.3) is 0 Å². The van der Waals surface area contributed by atoms with E-state index in [0.717, 1.165) is 25.9 Å². The van der Waals surface area contributed by atoms with Gasteiger partial charge in [0.25, 0.3) is 0 Å². The van der Waals surface area contributed by atoms with E-state index in [4.69, 9.17) is 11.6 Å². The third-order valence-electron chi connectivity index (χ3n) is 5.03. The number of piperidine rings is 1. The van der Waals surface area contributed by atoms with Gasteiger partial charge in [-0.25, -0.2) is 4.39 Å². The number of rotatable bonds is 5. The lowest BCUT2D eigenvalue weighted by Gasteiger charge is -2.32. The number of likely N-dealkylation sites (tertiary alicyclic amines) is 1. The molecule has 0 aromatic heterocycles. The fourth-order valence-electron chi connectivity index (χ4n) is 3.43. The molecule has 1 aromatic rings. The molecule has 0 spiro atoms. The normalized spacial score (nSPS) is 22.0. The largest absolute Gasteiger partial charge is 0.354 e. The monoisotopic (exact) mass is 367 g/mol. The summed E-state index contributed by atoms with van der Waals surface area (Å²) in [5.41, 5.74) is 0.549. The maximum Gasteiger partial charge on any atom is 0.242 e. The Morgan fingerprint density at radius 1 is 1.32 bits per heavy atom. The van der Waals surface area contributed by atoms with Crippen LogP contribution in [-0.4, -0.2) is 42.4 Å². The molecule has 0 saturated carbocycles. The number of nitrogens with zero attached hydrogens (tertiary/aromatic N) is 1. The molecule has 2 N–H and O–H groups in total. The molecular weight excluding hydrogens is 345 g/mol. The lowest BCUT2D eigenvalue weighted by molar-refractivity contribution is -0.125. The van der Waals surface area contributed by atoms with E-state index in [2.05, 4.69) is 15.5 Å². The highest BCUT2D eigenvalue weighted by molar-refractivity contribution is 6.31. The molecule has 2 fully saturated rings. The van der Waals surface area contributed by atoms with Crippen molar-refractivity contribution in [3.8, 4) is 0 Å². The Morgan fingerprint density at radius 3 is 2.72 bits per heavy atom. The number of halogens is 2. The van der Waals surface area contributed by atoms with Gasteiger partial charge in [0, 0.05) is 30.1 Å². The number of carbonyl (C=O) groups is 2. The minimum Gasteiger partial charge on any atom is -0.354 e. The summed E-state index contributed by atoms with van der Waals surface area (Å²) >= 11 is 6.09. The van der Waals surface area contributed by atoms with E-state index in [1.165, 1.54) is 6.07 Å². The number of carbonyl (C=O) groups excluding carboxylic acids is 2. The second-order valence-corrected chi connectivity index (χ2v) is 7.23. The SMILES string of the molecule is O=C1CCC(C(=O)NCC2CCN(Cc3c(F)cccc3Cl)CC2)N1. The molecule has 0 bridgehead atoms. The lowest BCUT2D eigenvalue weighted by atomic mass is 9.96. The molecule has 2 aliphatic heterocycles. The van der Waals surface area contributed by atoms with Crippen molar-refractivity contribution < 1.29 is 14.0 Å². The first-order chi connectivity index (χ1) is 12.0. The minimum absolute atomic E-state index is 0.0553. The molecule has 0 aliphatic carbocycles. The van der Waals surface area contributed by atoms with Crippen LogP contribution in [0.1, 0.15) is 31.2 Å². The zero-order chi connectivity index (χ0) is 17.8. The molecule has 2 amide bonds. The van der Waals surface area contributed by atoms with Gasteiger partial charge in [-0.3, -0.25) is 14.5 Å². The number of benzene rings is 1. The zero-order valence-electron chi connectivity index (χ0n) is 14.1.